The number of ether oxygens (including phenoxy) is 1. The van der Waals surface area contributed by atoms with Gasteiger partial charge >= 0.3 is 12.3 Å². The Hall–Kier alpha value is -2.94. The summed E-state index contributed by atoms with van der Waals surface area (Å²) in [4.78, 5) is 8.20. The van der Waals surface area contributed by atoms with Gasteiger partial charge in [-0.15, -0.1) is 0 Å². The van der Waals surface area contributed by atoms with Crippen molar-refractivity contribution in [1.82, 2.24) is 15.6 Å². The van der Waals surface area contributed by atoms with Crippen LogP contribution < -0.4 is 15.4 Å². The number of nitrogens with one attached hydrogen (secondary N) is 2. The Kier molecular flexibility index (Phi) is 7.72. The number of rotatable bonds is 10. The highest BCUT2D eigenvalue weighted by Gasteiger charge is 2.41. The zero-order valence-corrected chi connectivity index (χ0v) is 15.8. The molecular formula is C20H22F4N4O. The number of alkyl halides is 4. The molecule has 2 N–H and O–H groups in total. The summed E-state index contributed by atoms with van der Waals surface area (Å²) >= 11 is 0. The summed E-state index contributed by atoms with van der Waals surface area (Å²) in [6.45, 7) is 6.60. The van der Waals surface area contributed by atoms with Crippen LogP contribution in [0.1, 0.15) is 5.56 Å². The van der Waals surface area contributed by atoms with Gasteiger partial charge in [0.15, 0.2) is 6.61 Å². The molecule has 1 aliphatic heterocycles. The Morgan fingerprint density at radius 1 is 1.38 bits per heavy atom. The zero-order chi connectivity index (χ0) is 21.4. The average Bonchev–Trinajstić information content (AvgIpc) is 2.72. The maximum Gasteiger partial charge on any atom is 0.340 e. The smallest absolute Gasteiger partial charge is 0.340 e. The Balaban J connectivity index is 1.98. The molecule has 0 saturated heterocycles. The first-order valence-electron chi connectivity index (χ1n) is 8.69. The van der Waals surface area contributed by atoms with Crippen molar-refractivity contribution in [2.24, 2.45) is 4.99 Å². The predicted molar refractivity (Wildman–Crippen MR) is 104 cm³/mol. The van der Waals surface area contributed by atoms with Crippen molar-refractivity contribution < 1.29 is 22.3 Å². The lowest BCUT2D eigenvalue weighted by Gasteiger charge is -2.22. The molecule has 0 amide bonds. The molecule has 0 fully saturated rings. The van der Waals surface area contributed by atoms with Gasteiger partial charge in [0.2, 0.25) is 5.88 Å². The number of aromatic nitrogens is 1. The summed E-state index contributed by atoms with van der Waals surface area (Å²) in [5.74, 6) is -4.38. The highest BCUT2D eigenvalue weighted by Crippen LogP contribution is 2.23. The molecule has 0 saturated carbocycles. The van der Waals surface area contributed by atoms with Crippen molar-refractivity contribution in [3.05, 3.63) is 72.7 Å². The van der Waals surface area contributed by atoms with Gasteiger partial charge in [0, 0.05) is 36.8 Å². The van der Waals surface area contributed by atoms with E-state index in [4.69, 9.17) is 0 Å². The van der Waals surface area contributed by atoms with E-state index in [1.165, 1.54) is 12.3 Å². The fourth-order valence-corrected chi connectivity index (χ4v) is 2.42. The summed E-state index contributed by atoms with van der Waals surface area (Å²) in [5.41, 5.74) is 3.01. The summed E-state index contributed by atoms with van der Waals surface area (Å²) in [6, 6.07) is 2.89. The molecule has 1 aliphatic rings. The van der Waals surface area contributed by atoms with Crippen LogP contribution in [0.4, 0.5) is 17.6 Å². The van der Waals surface area contributed by atoms with Gasteiger partial charge in [-0.3, -0.25) is 4.99 Å². The molecule has 0 bridgehead atoms. The van der Waals surface area contributed by atoms with Crippen LogP contribution in [-0.4, -0.2) is 42.7 Å². The van der Waals surface area contributed by atoms with Gasteiger partial charge in [-0.05, 0) is 24.3 Å². The third-order valence-corrected chi connectivity index (χ3v) is 4.05. The normalized spacial score (nSPS) is 17.9. The van der Waals surface area contributed by atoms with E-state index in [1.807, 2.05) is 13.1 Å². The lowest BCUT2D eigenvalue weighted by molar-refractivity contribution is -0.148. The number of likely N-dealkylation sites (N-methyl/N-ethyl adjacent to an activating group) is 1. The zero-order valence-electron chi connectivity index (χ0n) is 15.8. The van der Waals surface area contributed by atoms with E-state index < -0.39 is 19.0 Å². The van der Waals surface area contributed by atoms with E-state index in [1.54, 1.807) is 24.5 Å². The second-order valence-corrected chi connectivity index (χ2v) is 6.15. The van der Waals surface area contributed by atoms with Crippen LogP contribution in [0.3, 0.4) is 0 Å². The largest absolute Gasteiger partial charge is 0.471 e. The minimum Gasteiger partial charge on any atom is -0.471 e. The van der Waals surface area contributed by atoms with Crippen LogP contribution in [0, 0.1) is 0 Å². The number of nitrogens with zero attached hydrogens (tertiary/aromatic N) is 2. The molecule has 156 valence electrons. The minimum atomic E-state index is -4.22. The molecule has 0 aliphatic carbocycles. The van der Waals surface area contributed by atoms with Gasteiger partial charge in [-0.25, -0.2) is 13.8 Å². The quantitative estimate of drug-likeness (QED) is 0.457. The molecule has 1 aromatic heterocycles. The second kappa shape index (κ2) is 10.0. The molecule has 1 unspecified atom stereocenters. The van der Waals surface area contributed by atoms with E-state index in [0.717, 1.165) is 11.1 Å². The summed E-state index contributed by atoms with van der Waals surface area (Å²) in [7, 11) is 1.82. The maximum atomic E-state index is 12.9. The van der Waals surface area contributed by atoms with Gasteiger partial charge in [0.25, 0.3) is 0 Å². The van der Waals surface area contributed by atoms with Gasteiger partial charge in [0.05, 0.1) is 11.8 Å². The molecule has 0 aromatic carbocycles. The monoisotopic (exact) mass is 410 g/mol. The molecule has 2 heterocycles. The summed E-state index contributed by atoms with van der Waals surface area (Å²) < 4.78 is 54.7. The fraction of sp³-hybridized carbons (Fsp3) is 0.300. The molecule has 29 heavy (non-hydrogen) atoms. The van der Waals surface area contributed by atoms with Crippen molar-refractivity contribution in [1.29, 1.82) is 0 Å². The fourth-order valence-electron chi connectivity index (χ4n) is 2.42. The Morgan fingerprint density at radius 3 is 2.72 bits per heavy atom. The first kappa shape index (κ1) is 22.4. The van der Waals surface area contributed by atoms with Crippen LogP contribution >= 0.6 is 0 Å². The van der Waals surface area contributed by atoms with E-state index in [-0.39, 0.29) is 11.9 Å². The standard InChI is InChI=1S/C20H22F4N4O/c1-4-13(2)18-15(16(25-3)7-8-27-18)11-26-9-14-5-6-17(28-10-14)29-12-20(23,24)19(21)22/h4-8,10-11,16,19,25-26H,1-2,9,12H2,3H3/b15-11+. The molecule has 5 nitrogen and oxygen atoms in total. The van der Waals surface area contributed by atoms with E-state index in [2.05, 4.69) is 38.5 Å². The number of pyridine rings is 1. The van der Waals surface area contributed by atoms with E-state index >= 15 is 0 Å². The second-order valence-electron chi connectivity index (χ2n) is 6.15. The number of hydrogen-bond acceptors (Lipinski definition) is 5. The average molecular weight is 410 g/mol. The van der Waals surface area contributed by atoms with Gasteiger partial charge in [-0.1, -0.05) is 25.3 Å². The number of hydrogen-bond donors (Lipinski definition) is 2. The van der Waals surface area contributed by atoms with Gasteiger partial charge in [-0.2, -0.15) is 8.78 Å². The van der Waals surface area contributed by atoms with Crippen molar-refractivity contribution in [3.8, 4) is 5.88 Å². The highest BCUT2D eigenvalue weighted by molar-refractivity contribution is 6.15. The number of allylic oxidation sites excluding steroid dienone is 2. The molecule has 1 aromatic rings. The highest BCUT2D eigenvalue weighted by atomic mass is 19.3. The third-order valence-electron chi connectivity index (χ3n) is 4.05. The summed E-state index contributed by atoms with van der Waals surface area (Å²) in [6.07, 6.45) is 4.64. The first-order chi connectivity index (χ1) is 13.8. The molecule has 9 heteroatoms. The van der Waals surface area contributed by atoms with E-state index in [9.17, 15) is 17.6 Å². The number of aliphatic imine (C=N–C) groups is 1. The molecule has 0 radical (unpaired) electrons. The van der Waals surface area contributed by atoms with Crippen molar-refractivity contribution >= 4 is 5.71 Å². The Bertz CT molecular complexity index is 816. The molecule has 0 spiro atoms. The van der Waals surface area contributed by atoms with Gasteiger partial charge < -0.3 is 15.4 Å². The predicted octanol–water partition coefficient (Wildman–Crippen LogP) is 3.63. The Morgan fingerprint density at radius 2 is 2.14 bits per heavy atom. The Labute approximate surface area is 166 Å². The van der Waals surface area contributed by atoms with Crippen LogP contribution in [0.25, 0.3) is 0 Å². The first-order valence-corrected chi connectivity index (χ1v) is 8.69. The topological polar surface area (TPSA) is 58.5 Å². The van der Waals surface area contributed by atoms with Crippen LogP contribution in [0.15, 0.2) is 72.2 Å². The van der Waals surface area contributed by atoms with Crippen LogP contribution in [-0.2, 0) is 6.54 Å². The lowest BCUT2D eigenvalue weighted by Crippen LogP contribution is -2.33. The maximum absolute atomic E-state index is 12.9. The van der Waals surface area contributed by atoms with Crippen molar-refractivity contribution in [2.75, 3.05) is 13.7 Å². The number of halogens is 4. The van der Waals surface area contributed by atoms with Crippen molar-refractivity contribution in [3.63, 3.8) is 0 Å². The van der Waals surface area contributed by atoms with E-state index in [0.29, 0.717) is 17.8 Å². The van der Waals surface area contributed by atoms with Crippen LogP contribution in [0.2, 0.25) is 0 Å². The third kappa shape index (κ3) is 6.02. The molecule has 1 atom stereocenters. The van der Waals surface area contributed by atoms with Crippen LogP contribution in [0.5, 0.6) is 5.88 Å². The molecule has 2 rings (SSSR count). The van der Waals surface area contributed by atoms with Gasteiger partial charge in [0.1, 0.15) is 0 Å². The summed E-state index contributed by atoms with van der Waals surface area (Å²) in [5, 5.41) is 6.30. The molecular weight excluding hydrogens is 388 g/mol. The minimum absolute atomic E-state index is 0.0582. The van der Waals surface area contributed by atoms with Crippen molar-refractivity contribution in [2.45, 2.75) is 24.9 Å². The SMILES string of the molecule is C=CC(=C)C1=NC=CC(NC)/C1=C\NCc1ccc(OCC(F)(F)C(F)F)nc1. The lowest BCUT2D eigenvalue weighted by atomic mass is 9.96.